The molecule has 140 valence electrons. The van der Waals surface area contributed by atoms with Gasteiger partial charge in [0, 0.05) is 20.0 Å². The van der Waals surface area contributed by atoms with Crippen LogP contribution < -0.4 is 5.32 Å². The third kappa shape index (κ3) is 5.03. The van der Waals surface area contributed by atoms with E-state index in [1.165, 1.54) is 24.0 Å². The Morgan fingerprint density at radius 1 is 1.20 bits per heavy atom. The largest absolute Gasteiger partial charge is 0.379 e. The van der Waals surface area contributed by atoms with Crippen LogP contribution in [-0.4, -0.2) is 57.7 Å². The van der Waals surface area contributed by atoms with E-state index in [0.29, 0.717) is 19.6 Å². The van der Waals surface area contributed by atoms with Gasteiger partial charge in [-0.1, -0.05) is 17.7 Å². The molecular weight excluding hydrogens is 340 g/mol. The normalized spacial score (nSPS) is 20.9. The minimum absolute atomic E-state index is 0.0203. The third-order valence-corrected chi connectivity index (χ3v) is 6.67. The highest BCUT2D eigenvalue weighted by molar-refractivity contribution is 7.89. The predicted octanol–water partition coefficient (Wildman–Crippen LogP) is 1.18. The Kier molecular flexibility index (Phi) is 6.24. The fourth-order valence-corrected chi connectivity index (χ4v) is 4.42. The van der Waals surface area contributed by atoms with Gasteiger partial charge in [-0.05, 0) is 37.5 Å². The van der Waals surface area contributed by atoms with E-state index in [1.807, 2.05) is 20.8 Å². The number of nitrogens with zero attached hydrogens (tertiary/aromatic N) is 1. The summed E-state index contributed by atoms with van der Waals surface area (Å²) in [6.07, 6.45) is 0.293. The zero-order valence-corrected chi connectivity index (χ0v) is 16.4. The Morgan fingerprint density at radius 3 is 2.36 bits per heavy atom. The topological polar surface area (TPSA) is 75.7 Å². The highest BCUT2D eigenvalue weighted by Gasteiger charge is 2.34. The van der Waals surface area contributed by atoms with Crippen molar-refractivity contribution < 1.29 is 17.9 Å². The molecule has 0 aliphatic carbocycles. The van der Waals surface area contributed by atoms with Gasteiger partial charge in [0.1, 0.15) is 0 Å². The van der Waals surface area contributed by atoms with E-state index in [1.54, 1.807) is 0 Å². The van der Waals surface area contributed by atoms with Gasteiger partial charge in [0.05, 0.1) is 31.4 Å². The molecule has 0 saturated carbocycles. The highest BCUT2D eigenvalue weighted by Crippen LogP contribution is 2.19. The highest BCUT2D eigenvalue weighted by atomic mass is 32.2. The van der Waals surface area contributed by atoms with Gasteiger partial charge < -0.3 is 10.1 Å². The lowest BCUT2D eigenvalue weighted by molar-refractivity contribution is -0.121. The van der Waals surface area contributed by atoms with Crippen LogP contribution in [0.25, 0.3) is 0 Å². The van der Waals surface area contributed by atoms with E-state index in [-0.39, 0.29) is 23.6 Å². The van der Waals surface area contributed by atoms with E-state index in [2.05, 4.69) is 17.4 Å². The summed E-state index contributed by atoms with van der Waals surface area (Å²) in [5.74, 6) is -0.345. The second-order valence-corrected chi connectivity index (χ2v) is 9.31. The molecule has 6 nitrogen and oxygen atoms in total. The molecule has 1 aromatic carbocycles. The van der Waals surface area contributed by atoms with E-state index in [9.17, 15) is 13.2 Å². The maximum atomic E-state index is 12.5. The summed E-state index contributed by atoms with van der Waals surface area (Å²) in [5.41, 5.74) is 4.40. The first-order valence-corrected chi connectivity index (χ1v) is 10.0. The van der Waals surface area contributed by atoms with Crippen LogP contribution >= 0.6 is 0 Å². The number of carbonyl (C=O) groups excluding carboxylic acids is 1. The summed E-state index contributed by atoms with van der Waals surface area (Å²) in [7, 11) is -0.294. The van der Waals surface area contributed by atoms with Gasteiger partial charge in [-0.25, -0.2) is 12.7 Å². The van der Waals surface area contributed by atoms with Crippen molar-refractivity contribution in [1.82, 2.24) is 9.62 Å². The Labute approximate surface area is 150 Å². The fourth-order valence-electron chi connectivity index (χ4n) is 3.25. The molecule has 0 radical (unpaired) electrons. The van der Waals surface area contributed by atoms with Gasteiger partial charge >= 0.3 is 0 Å². The first-order valence-electron chi connectivity index (χ1n) is 8.44. The molecule has 1 aliphatic heterocycles. The zero-order chi connectivity index (χ0) is 18.8. The minimum Gasteiger partial charge on any atom is -0.379 e. The van der Waals surface area contributed by atoms with Crippen molar-refractivity contribution in [3.63, 3.8) is 0 Å². The number of benzene rings is 1. The molecule has 1 N–H and O–H groups in total. The lowest BCUT2D eigenvalue weighted by Gasteiger charge is -2.21. The van der Waals surface area contributed by atoms with Crippen molar-refractivity contribution in [2.24, 2.45) is 5.92 Å². The van der Waals surface area contributed by atoms with Crippen molar-refractivity contribution in [3.05, 3.63) is 34.4 Å². The van der Waals surface area contributed by atoms with Gasteiger partial charge in [0.25, 0.3) is 0 Å². The van der Waals surface area contributed by atoms with Crippen LogP contribution in [0.1, 0.15) is 22.3 Å². The second-order valence-electron chi connectivity index (χ2n) is 7.09. The molecule has 1 heterocycles. The molecule has 1 aromatic rings. The van der Waals surface area contributed by atoms with Crippen LogP contribution in [-0.2, 0) is 26.0 Å². The maximum absolute atomic E-state index is 12.5. The molecule has 1 fully saturated rings. The van der Waals surface area contributed by atoms with Crippen LogP contribution in [0.15, 0.2) is 12.1 Å². The Morgan fingerprint density at radius 2 is 1.80 bits per heavy atom. The first kappa shape index (κ1) is 19.9. The average molecular weight is 368 g/mol. The average Bonchev–Trinajstić information content (AvgIpc) is 2.89. The first-order chi connectivity index (χ1) is 11.6. The monoisotopic (exact) mass is 368 g/mol. The van der Waals surface area contributed by atoms with Crippen molar-refractivity contribution >= 4 is 15.9 Å². The van der Waals surface area contributed by atoms with Crippen LogP contribution in [0.5, 0.6) is 0 Å². The zero-order valence-electron chi connectivity index (χ0n) is 15.6. The van der Waals surface area contributed by atoms with Crippen LogP contribution in [0.3, 0.4) is 0 Å². The van der Waals surface area contributed by atoms with Crippen molar-refractivity contribution in [2.75, 3.05) is 33.1 Å². The lowest BCUT2D eigenvalue weighted by atomic mass is 9.97. The van der Waals surface area contributed by atoms with Crippen LogP contribution in [0.4, 0.5) is 0 Å². The fraction of sp³-hybridized carbons (Fsp3) is 0.611. The van der Waals surface area contributed by atoms with Crippen LogP contribution in [0.2, 0.25) is 0 Å². The van der Waals surface area contributed by atoms with E-state index >= 15 is 0 Å². The van der Waals surface area contributed by atoms with E-state index in [0.717, 1.165) is 16.7 Å². The van der Waals surface area contributed by atoms with Crippen LogP contribution in [0, 0.1) is 26.7 Å². The summed E-state index contributed by atoms with van der Waals surface area (Å²) < 4.78 is 30.8. The number of nitrogens with one attached hydrogen (secondary N) is 1. The molecule has 0 aromatic heterocycles. The molecule has 0 spiro atoms. The number of amides is 1. The summed E-state index contributed by atoms with van der Waals surface area (Å²) in [4.78, 5) is 12.5. The van der Waals surface area contributed by atoms with Gasteiger partial charge in [0.2, 0.25) is 15.9 Å². The standard InChI is InChI=1S/C18H28N2O4S/c1-12-6-13(2)16(14(3)7-12)8-18(21)19-17-10-24-9-15(17)11-25(22,23)20(4)5/h6-7,15,17H,8-11H2,1-5H3,(H,19,21)/t15-,17+/m0/s1. The molecule has 1 aliphatic rings. The van der Waals surface area contributed by atoms with E-state index < -0.39 is 10.0 Å². The van der Waals surface area contributed by atoms with Crippen molar-refractivity contribution in [2.45, 2.75) is 33.2 Å². The van der Waals surface area contributed by atoms with Gasteiger partial charge in [-0.2, -0.15) is 0 Å². The SMILES string of the molecule is Cc1cc(C)c(CC(=O)N[C@@H]2COC[C@H]2CS(=O)(=O)N(C)C)c(C)c1. The molecule has 2 atom stereocenters. The number of carbonyl (C=O) groups is 1. The molecule has 25 heavy (non-hydrogen) atoms. The lowest BCUT2D eigenvalue weighted by Crippen LogP contribution is -2.44. The second kappa shape index (κ2) is 7.85. The minimum atomic E-state index is -3.33. The van der Waals surface area contributed by atoms with Gasteiger partial charge in [-0.15, -0.1) is 0 Å². The number of ether oxygens (including phenoxy) is 1. The number of hydrogen-bond donors (Lipinski definition) is 1. The van der Waals surface area contributed by atoms with Gasteiger partial charge in [-0.3, -0.25) is 4.79 Å². The molecule has 1 amide bonds. The summed E-state index contributed by atoms with van der Waals surface area (Å²) in [5, 5.41) is 2.96. The Balaban J connectivity index is 2.03. The summed E-state index contributed by atoms with van der Waals surface area (Å²) in [6.45, 7) is 6.75. The summed E-state index contributed by atoms with van der Waals surface area (Å²) in [6, 6.07) is 3.87. The number of rotatable bonds is 6. The quantitative estimate of drug-likeness (QED) is 0.818. The maximum Gasteiger partial charge on any atom is 0.224 e. The molecule has 1 saturated heterocycles. The Hall–Kier alpha value is -1.44. The van der Waals surface area contributed by atoms with E-state index in [4.69, 9.17) is 4.74 Å². The number of sulfonamides is 1. The molecular formula is C18H28N2O4S. The predicted molar refractivity (Wildman–Crippen MR) is 98.1 cm³/mol. The number of aryl methyl sites for hydroxylation is 3. The summed E-state index contributed by atoms with van der Waals surface area (Å²) >= 11 is 0. The number of hydrogen-bond acceptors (Lipinski definition) is 4. The molecule has 7 heteroatoms. The Bertz CT molecular complexity index is 720. The smallest absolute Gasteiger partial charge is 0.224 e. The van der Waals surface area contributed by atoms with Crippen molar-refractivity contribution in [1.29, 1.82) is 0 Å². The van der Waals surface area contributed by atoms with Gasteiger partial charge in [0.15, 0.2) is 0 Å². The molecule has 0 unspecified atom stereocenters. The van der Waals surface area contributed by atoms with Crippen molar-refractivity contribution in [3.8, 4) is 0 Å². The molecule has 2 rings (SSSR count). The molecule has 0 bridgehead atoms. The third-order valence-electron chi connectivity index (χ3n) is 4.70.